The Morgan fingerprint density at radius 1 is 1.47 bits per heavy atom. The Morgan fingerprint density at radius 3 is 2.87 bits per heavy atom. The lowest BCUT2D eigenvalue weighted by molar-refractivity contribution is 0.249. The van der Waals surface area contributed by atoms with Gasteiger partial charge in [-0.15, -0.1) is 0 Å². The summed E-state index contributed by atoms with van der Waals surface area (Å²) >= 11 is 0. The van der Waals surface area contributed by atoms with Crippen LogP contribution in [-0.2, 0) is 6.54 Å². The van der Waals surface area contributed by atoms with E-state index in [0.29, 0.717) is 13.1 Å². The Hall–Kier alpha value is -1.62. The zero-order valence-electron chi connectivity index (χ0n) is 8.79. The molecule has 82 valence electrons. The maximum absolute atomic E-state index is 10.3. The van der Waals surface area contributed by atoms with E-state index < -0.39 is 6.03 Å². The second-order valence-electron chi connectivity index (χ2n) is 3.28. The lowest BCUT2D eigenvalue weighted by Gasteiger charge is -2.05. The fourth-order valence-electron chi connectivity index (χ4n) is 1.11. The SMILES string of the molecule is Cc1ccc(CNCCNC(N)=O)cn1. The molecule has 2 amide bonds. The van der Waals surface area contributed by atoms with Crippen molar-refractivity contribution in [2.45, 2.75) is 13.5 Å². The van der Waals surface area contributed by atoms with Crippen LogP contribution in [0.25, 0.3) is 0 Å². The second kappa shape index (κ2) is 5.98. The van der Waals surface area contributed by atoms with Crippen LogP contribution in [0.5, 0.6) is 0 Å². The Balaban J connectivity index is 2.15. The van der Waals surface area contributed by atoms with Crippen molar-refractivity contribution < 1.29 is 4.79 Å². The summed E-state index contributed by atoms with van der Waals surface area (Å²) in [6.07, 6.45) is 1.84. The number of rotatable bonds is 5. The highest BCUT2D eigenvalue weighted by atomic mass is 16.2. The number of hydrogen-bond acceptors (Lipinski definition) is 3. The molecule has 4 N–H and O–H groups in total. The van der Waals surface area contributed by atoms with Gasteiger partial charge in [-0.2, -0.15) is 0 Å². The van der Waals surface area contributed by atoms with Gasteiger partial charge in [0.15, 0.2) is 0 Å². The predicted molar refractivity (Wildman–Crippen MR) is 58.3 cm³/mol. The summed E-state index contributed by atoms with van der Waals surface area (Å²) in [7, 11) is 0. The molecule has 1 aromatic rings. The molecule has 0 saturated carbocycles. The van der Waals surface area contributed by atoms with Crippen molar-refractivity contribution in [2.75, 3.05) is 13.1 Å². The smallest absolute Gasteiger partial charge is 0.312 e. The predicted octanol–water partition coefficient (Wildman–Crippen LogP) is 0.148. The van der Waals surface area contributed by atoms with E-state index in [2.05, 4.69) is 15.6 Å². The first-order valence-electron chi connectivity index (χ1n) is 4.84. The molecule has 0 atom stereocenters. The van der Waals surface area contributed by atoms with Gasteiger partial charge in [0.05, 0.1) is 0 Å². The number of nitrogens with zero attached hydrogens (tertiary/aromatic N) is 1. The Bertz CT molecular complexity index is 310. The fourth-order valence-corrected chi connectivity index (χ4v) is 1.11. The summed E-state index contributed by atoms with van der Waals surface area (Å²) in [6.45, 7) is 3.92. The van der Waals surface area contributed by atoms with Crippen LogP contribution >= 0.6 is 0 Å². The highest BCUT2D eigenvalue weighted by molar-refractivity contribution is 5.71. The first-order valence-corrected chi connectivity index (χ1v) is 4.84. The molecule has 0 radical (unpaired) electrons. The van der Waals surface area contributed by atoms with Crippen molar-refractivity contribution in [3.63, 3.8) is 0 Å². The van der Waals surface area contributed by atoms with Crippen molar-refractivity contribution in [1.29, 1.82) is 0 Å². The number of aromatic nitrogens is 1. The van der Waals surface area contributed by atoms with E-state index >= 15 is 0 Å². The first kappa shape index (κ1) is 11.5. The maximum atomic E-state index is 10.3. The summed E-state index contributed by atoms with van der Waals surface area (Å²) in [5.41, 5.74) is 7.05. The number of primary amides is 1. The van der Waals surface area contributed by atoms with E-state index in [0.717, 1.165) is 17.8 Å². The minimum atomic E-state index is -0.492. The molecule has 5 nitrogen and oxygen atoms in total. The van der Waals surface area contributed by atoms with E-state index in [1.54, 1.807) is 0 Å². The number of hydrogen-bond donors (Lipinski definition) is 3. The number of amides is 2. The second-order valence-corrected chi connectivity index (χ2v) is 3.28. The molecular weight excluding hydrogens is 192 g/mol. The first-order chi connectivity index (χ1) is 7.18. The summed E-state index contributed by atoms with van der Waals surface area (Å²) in [4.78, 5) is 14.5. The minimum absolute atomic E-state index is 0.492. The molecule has 1 rings (SSSR count). The molecule has 0 saturated heterocycles. The van der Waals surface area contributed by atoms with E-state index in [4.69, 9.17) is 5.73 Å². The summed E-state index contributed by atoms with van der Waals surface area (Å²) < 4.78 is 0. The van der Waals surface area contributed by atoms with E-state index in [1.807, 2.05) is 25.3 Å². The van der Waals surface area contributed by atoms with Crippen LogP contribution in [0.1, 0.15) is 11.3 Å². The van der Waals surface area contributed by atoms with Crippen LogP contribution in [0.4, 0.5) is 4.79 Å². The third-order valence-corrected chi connectivity index (χ3v) is 1.90. The van der Waals surface area contributed by atoms with Crippen LogP contribution in [0, 0.1) is 6.92 Å². The number of pyridine rings is 1. The average Bonchev–Trinajstić information content (AvgIpc) is 2.20. The van der Waals surface area contributed by atoms with Crippen molar-refractivity contribution in [3.8, 4) is 0 Å². The molecule has 0 aliphatic carbocycles. The van der Waals surface area contributed by atoms with Crippen LogP contribution in [0.15, 0.2) is 18.3 Å². The van der Waals surface area contributed by atoms with E-state index in [1.165, 1.54) is 0 Å². The van der Waals surface area contributed by atoms with Crippen LogP contribution in [0.3, 0.4) is 0 Å². The monoisotopic (exact) mass is 208 g/mol. The summed E-state index contributed by atoms with van der Waals surface area (Å²) in [5, 5.41) is 5.67. The minimum Gasteiger partial charge on any atom is -0.352 e. The molecule has 1 heterocycles. The number of urea groups is 1. The lowest BCUT2D eigenvalue weighted by Crippen LogP contribution is -2.35. The highest BCUT2D eigenvalue weighted by Gasteiger charge is 1.93. The van der Waals surface area contributed by atoms with Crippen LogP contribution < -0.4 is 16.4 Å². The number of carbonyl (C=O) groups is 1. The van der Waals surface area contributed by atoms with Gasteiger partial charge in [-0.1, -0.05) is 6.07 Å². The summed E-state index contributed by atoms with van der Waals surface area (Å²) in [5.74, 6) is 0. The molecule has 0 bridgehead atoms. The van der Waals surface area contributed by atoms with Gasteiger partial charge in [0, 0.05) is 31.5 Å². The Morgan fingerprint density at radius 2 is 2.27 bits per heavy atom. The zero-order chi connectivity index (χ0) is 11.1. The molecule has 0 spiro atoms. The fraction of sp³-hybridized carbons (Fsp3) is 0.400. The quantitative estimate of drug-likeness (QED) is 0.602. The maximum Gasteiger partial charge on any atom is 0.312 e. The molecule has 0 unspecified atom stereocenters. The third kappa shape index (κ3) is 4.97. The molecule has 0 fully saturated rings. The van der Waals surface area contributed by atoms with Crippen LogP contribution in [-0.4, -0.2) is 24.1 Å². The molecule has 15 heavy (non-hydrogen) atoms. The summed E-state index contributed by atoms with van der Waals surface area (Å²) in [6, 6.07) is 3.50. The largest absolute Gasteiger partial charge is 0.352 e. The zero-order valence-corrected chi connectivity index (χ0v) is 8.79. The molecule has 0 aliphatic rings. The van der Waals surface area contributed by atoms with Gasteiger partial charge < -0.3 is 16.4 Å². The van der Waals surface area contributed by atoms with Crippen molar-refractivity contribution in [1.82, 2.24) is 15.6 Å². The molecule has 1 aromatic heterocycles. The number of nitrogens with two attached hydrogens (primary N) is 1. The van der Waals surface area contributed by atoms with Crippen molar-refractivity contribution in [2.24, 2.45) is 5.73 Å². The molecular formula is C10H16N4O. The van der Waals surface area contributed by atoms with Gasteiger partial charge in [0.25, 0.3) is 0 Å². The average molecular weight is 208 g/mol. The standard InChI is InChI=1S/C10H16N4O/c1-8-2-3-9(7-14-8)6-12-4-5-13-10(11)15/h2-3,7,12H,4-6H2,1H3,(H3,11,13,15). The van der Waals surface area contributed by atoms with Gasteiger partial charge in [0.2, 0.25) is 0 Å². The Kier molecular flexibility index (Phi) is 4.56. The normalized spacial score (nSPS) is 9.93. The van der Waals surface area contributed by atoms with Gasteiger partial charge in [-0.25, -0.2) is 4.79 Å². The number of nitrogens with one attached hydrogen (secondary N) is 2. The molecule has 5 heteroatoms. The topological polar surface area (TPSA) is 80.0 Å². The molecule has 0 aliphatic heterocycles. The lowest BCUT2D eigenvalue weighted by atomic mass is 10.2. The Labute approximate surface area is 89.1 Å². The van der Waals surface area contributed by atoms with Gasteiger partial charge >= 0.3 is 6.03 Å². The van der Waals surface area contributed by atoms with Gasteiger partial charge in [-0.05, 0) is 18.6 Å². The number of carbonyl (C=O) groups excluding carboxylic acids is 1. The van der Waals surface area contributed by atoms with Gasteiger partial charge in [-0.3, -0.25) is 4.98 Å². The van der Waals surface area contributed by atoms with Crippen LogP contribution in [0.2, 0.25) is 0 Å². The molecule has 0 aromatic carbocycles. The van der Waals surface area contributed by atoms with Crippen molar-refractivity contribution >= 4 is 6.03 Å². The highest BCUT2D eigenvalue weighted by Crippen LogP contribution is 1.97. The van der Waals surface area contributed by atoms with Gasteiger partial charge in [0.1, 0.15) is 0 Å². The number of aryl methyl sites for hydroxylation is 1. The van der Waals surface area contributed by atoms with E-state index in [-0.39, 0.29) is 0 Å². The third-order valence-electron chi connectivity index (χ3n) is 1.90. The van der Waals surface area contributed by atoms with E-state index in [9.17, 15) is 4.79 Å². The van der Waals surface area contributed by atoms with Crippen molar-refractivity contribution in [3.05, 3.63) is 29.6 Å².